The van der Waals surface area contributed by atoms with Crippen molar-refractivity contribution in [3.05, 3.63) is 29.6 Å². The van der Waals surface area contributed by atoms with Gasteiger partial charge in [0.05, 0.1) is 11.3 Å². The van der Waals surface area contributed by atoms with Crippen molar-refractivity contribution in [2.24, 2.45) is 5.41 Å². The van der Waals surface area contributed by atoms with Gasteiger partial charge in [0.15, 0.2) is 0 Å². The van der Waals surface area contributed by atoms with Gasteiger partial charge in [0, 0.05) is 12.8 Å². The third-order valence-corrected chi connectivity index (χ3v) is 3.08. The Hall–Kier alpha value is -2.22. The Balaban J connectivity index is 2.46. The molecule has 98 valence electrons. The fourth-order valence-corrected chi connectivity index (χ4v) is 2.24. The molecule has 0 spiro atoms. The minimum atomic E-state index is -0.572. The lowest BCUT2D eigenvalue weighted by Crippen LogP contribution is -2.46. The Morgan fingerprint density at radius 3 is 2.37 bits per heavy atom. The first-order valence-electron chi connectivity index (χ1n) is 5.89. The van der Waals surface area contributed by atoms with Gasteiger partial charge in [-0.05, 0) is 23.6 Å². The molecule has 19 heavy (non-hydrogen) atoms. The number of amides is 2. The lowest BCUT2D eigenvalue weighted by Gasteiger charge is -2.34. The Labute approximate surface area is 110 Å². The number of nitrogens with zero attached hydrogens (tertiary/aromatic N) is 2. The summed E-state index contributed by atoms with van der Waals surface area (Å²) < 4.78 is 13.1. The normalized spacial score (nSPS) is 18.3. The highest BCUT2D eigenvalue weighted by Crippen LogP contribution is 2.35. The summed E-state index contributed by atoms with van der Waals surface area (Å²) in [5.74, 6) is -1.29. The molecule has 0 atom stereocenters. The summed E-state index contributed by atoms with van der Waals surface area (Å²) in [6.07, 6.45) is 0.446. The summed E-state index contributed by atoms with van der Waals surface area (Å²) in [5, 5.41) is 8.98. The molecule has 0 radical (unpaired) electrons. The smallest absolute Gasteiger partial charge is 0.234 e. The van der Waals surface area contributed by atoms with Crippen molar-refractivity contribution in [3.8, 4) is 6.07 Å². The lowest BCUT2D eigenvalue weighted by atomic mass is 9.81. The highest BCUT2D eigenvalue weighted by atomic mass is 19.1. The minimum absolute atomic E-state index is 0.0126. The number of benzene rings is 1. The van der Waals surface area contributed by atoms with Crippen molar-refractivity contribution in [1.82, 2.24) is 0 Å². The van der Waals surface area contributed by atoms with Crippen LogP contribution < -0.4 is 4.90 Å². The van der Waals surface area contributed by atoms with E-state index in [0.29, 0.717) is 0 Å². The van der Waals surface area contributed by atoms with E-state index < -0.39 is 5.82 Å². The van der Waals surface area contributed by atoms with Crippen LogP contribution in [0.5, 0.6) is 0 Å². The van der Waals surface area contributed by atoms with Gasteiger partial charge in [-0.15, -0.1) is 0 Å². The van der Waals surface area contributed by atoms with Gasteiger partial charge in [0.2, 0.25) is 11.8 Å². The highest BCUT2D eigenvalue weighted by molar-refractivity contribution is 6.17. The van der Waals surface area contributed by atoms with Crippen molar-refractivity contribution in [3.63, 3.8) is 0 Å². The number of hydrogen-bond donors (Lipinski definition) is 0. The standard InChI is InChI=1S/C14H13FN2O2/c1-14(2)6-12(18)17(13(19)7-14)11-4-3-10(15)5-9(11)8-16/h3-5H,6-7H2,1-2H3. The van der Waals surface area contributed by atoms with Crippen molar-refractivity contribution in [2.45, 2.75) is 26.7 Å². The van der Waals surface area contributed by atoms with E-state index in [-0.39, 0.29) is 41.3 Å². The zero-order valence-corrected chi connectivity index (χ0v) is 10.7. The number of nitriles is 1. The number of carbonyl (C=O) groups is 2. The summed E-state index contributed by atoms with van der Waals surface area (Å²) in [6.45, 7) is 3.69. The number of hydrogen-bond acceptors (Lipinski definition) is 3. The van der Waals surface area contributed by atoms with E-state index in [2.05, 4.69) is 0 Å². The highest BCUT2D eigenvalue weighted by Gasteiger charge is 2.38. The molecule has 1 fully saturated rings. The maximum absolute atomic E-state index is 13.1. The average molecular weight is 260 g/mol. The summed E-state index contributed by atoms with van der Waals surface area (Å²) in [5.41, 5.74) is -0.229. The summed E-state index contributed by atoms with van der Waals surface area (Å²) in [4.78, 5) is 25.1. The van der Waals surface area contributed by atoms with E-state index in [0.717, 1.165) is 17.0 Å². The summed E-state index contributed by atoms with van der Waals surface area (Å²) >= 11 is 0. The van der Waals surface area contributed by atoms with Crippen molar-refractivity contribution < 1.29 is 14.0 Å². The second-order valence-electron chi connectivity index (χ2n) is 5.41. The van der Waals surface area contributed by atoms with Crippen LogP contribution >= 0.6 is 0 Å². The molecule has 1 aromatic rings. The van der Waals surface area contributed by atoms with Gasteiger partial charge < -0.3 is 0 Å². The second-order valence-corrected chi connectivity index (χ2v) is 5.41. The molecule has 4 nitrogen and oxygen atoms in total. The topological polar surface area (TPSA) is 61.2 Å². The van der Waals surface area contributed by atoms with Crippen LogP contribution in [0.2, 0.25) is 0 Å². The first-order chi connectivity index (χ1) is 8.84. The van der Waals surface area contributed by atoms with Gasteiger partial charge in [-0.3, -0.25) is 9.59 Å². The first kappa shape index (κ1) is 13.2. The molecule has 0 saturated carbocycles. The van der Waals surface area contributed by atoms with Gasteiger partial charge in [-0.2, -0.15) is 5.26 Å². The van der Waals surface area contributed by atoms with Crippen LogP contribution in [0.15, 0.2) is 18.2 Å². The predicted octanol–water partition coefficient (Wildman–Crippen LogP) is 2.38. The summed E-state index contributed by atoms with van der Waals surface area (Å²) in [6, 6.07) is 5.26. The number of carbonyl (C=O) groups excluding carboxylic acids is 2. The number of piperidine rings is 1. The molecule has 0 bridgehead atoms. The molecule has 2 amide bonds. The first-order valence-corrected chi connectivity index (χ1v) is 5.89. The fourth-order valence-electron chi connectivity index (χ4n) is 2.24. The zero-order chi connectivity index (χ0) is 14.2. The number of rotatable bonds is 1. The largest absolute Gasteiger partial charge is 0.274 e. The Bertz CT molecular complexity index is 582. The molecule has 1 aliphatic rings. The van der Waals surface area contributed by atoms with Crippen LogP contribution in [-0.4, -0.2) is 11.8 Å². The van der Waals surface area contributed by atoms with E-state index in [4.69, 9.17) is 5.26 Å². The van der Waals surface area contributed by atoms with E-state index >= 15 is 0 Å². The van der Waals surface area contributed by atoms with Gasteiger partial charge in [-0.25, -0.2) is 9.29 Å². The molecular weight excluding hydrogens is 247 g/mol. The zero-order valence-electron chi connectivity index (χ0n) is 10.7. The van der Waals surface area contributed by atoms with Gasteiger partial charge in [-0.1, -0.05) is 13.8 Å². The third-order valence-electron chi connectivity index (χ3n) is 3.08. The lowest BCUT2D eigenvalue weighted by molar-refractivity contribution is -0.132. The average Bonchev–Trinajstić information content (AvgIpc) is 2.28. The Kier molecular flexibility index (Phi) is 3.11. The Morgan fingerprint density at radius 1 is 1.26 bits per heavy atom. The van der Waals surface area contributed by atoms with Crippen LogP contribution in [-0.2, 0) is 9.59 Å². The fraction of sp³-hybridized carbons (Fsp3) is 0.357. The van der Waals surface area contributed by atoms with E-state index in [1.54, 1.807) is 0 Å². The number of imide groups is 1. The van der Waals surface area contributed by atoms with Crippen molar-refractivity contribution in [2.75, 3.05) is 4.90 Å². The monoisotopic (exact) mass is 260 g/mol. The van der Waals surface area contributed by atoms with Gasteiger partial charge >= 0.3 is 0 Å². The third kappa shape index (κ3) is 2.48. The van der Waals surface area contributed by atoms with Crippen LogP contribution in [0.4, 0.5) is 10.1 Å². The molecule has 2 rings (SSSR count). The molecule has 1 heterocycles. The Morgan fingerprint density at radius 2 is 1.84 bits per heavy atom. The van der Waals surface area contributed by atoms with Crippen LogP contribution in [0, 0.1) is 22.6 Å². The van der Waals surface area contributed by atoms with Gasteiger partial charge in [0.25, 0.3) is 0 Å². The van der Waals surface area contributed by atoms with Crippen molar-refractivity contribution >= 4 is 17.5 Å². The molecule has 0 unspecified atom stereocenters. The maximum Gasteiger partial charge on any atom is 0.234 e. The SMILES string of the molecule is CC1(C)CC(=O)N(c2ccc(F)cc2C#N)C(=O)C1. The molecule has 1 aromatic carbocycles. The second kappa shape index (κ2) is 4.47. The summed E-state index contributed by atoms with van der Waals surface area (Å²) in [7, 11) is 0. The maximum atomic E-state index is 13.1. The number of anilines is 1. The quantitative estimate of drug-likeness (QED) is 0.728. The van der Waals surface area contributed by atoms with Crippen LogP contribution in [0.1, 0.15) is 32.3 Å². The van der Waals surface area contributed by atoms with Crippen LogP contribution in [0.25, 0.3) is 0 Å². The molecule has 5 heteroatoms. The van der Waals surface area contributed by atoms with Gasteiger partial charge in [0.1, 0.15) is 11.9 Å². The molecular formula is C14H13FN2O2. The molecule has 1 saturated heterocycles. The number of halogens is 1. The van der Waals surface area contributed by atoms with Crippen molar-refractivity contribution in [1.29, 1.82) is 5.26 Å². The molecule has 0 N–H and O–H groups in total. The molecule has 1 aliphatic heterocycles. The van der Waals surface area contributed by atoms with E-state index in [1.807, 2.05) is 19.9 Å². The molecule has 0 aliphatic carbocycles. The van der Waals surface area contributed by atoms with Crippen LogP contribution in [0.3, 0.4) is 0 Å². The molecule has 0 aromatic heterocycles. The minimum Gasteiger partial charge on any atom is -0.274 e. The van der Waals surface area contributed by atoms with E-state index in [9.17, 15) is 14.0 Å². The predicted molar refractivity (Wildman–Crippen MR) is 66.6 cm³/mol. The van der Waals surface area contributed by atoms with E-state index in [1.165, 1.54) is 6.07 Å².